The minimum Gasteiger partial charge on any atom is -0.381 e. The molecule has 0 heterocycles. The maximum absolute atomic E-state index is 13.2. The van der Waals surface area contributed by atoms with Crippen molar-refractivity contribution in [2.45, 2.75) is 33.4 Å². The van der Waals surface area contributed by atoms with Gasteiger partial charge in [0, 0.05) is 24.9 Å². The number of hydrogen-bond acceptors (Lipinski definition) is 2. The van der Waals surface area contributed by atoms with Gasteiger partial charge in [0.25, 0.3) is 0 Å². The maximum atomic E-state index is 13.2. The number of halogens is 2. The lowest BCUT2D eigenvalue weighted by molar-refractivity contribution is 0.121. The molecule has 118 valence electrons. The fourth-order valence-corrected chi connectivity index (χ4v) is 2.19. The van der Waals surface area contributed by atoms with Gasteiger partial charge in [0.05, 0.1) is 6.61 Å². The van der Waals surface area contributed by atoms with Gasteiger partial charge in [-0.1, -0.05) is 19.1 Å². The summed E-state index contributed by atoms with van der Waals surface area (Å²) in [5.74, 6) is -1.12. The number of hydrogen-bond donors (Lipinski definition) is 1. The van der Waals surface area contributed by atoms with E-state index < -0.39 is 11.6 Å². The second kappa shape index (κ2) is 7.90. The predicted molar refractivity (Wildman–Crippen MR) is 84.8 cm³/mol. The number of aryl methyl sites for hydroxylation is 1. The monoisotopic (exact) mass is 305 g/mol. The molecule has 0 aromatic heterocycles. The first-order valence-electron chi connectivity index (χ1n) is 7.44. The van der Waals surface area contributed by atoms with Crippen LogP contribution in [0.4, 0.5) is 14.5 Å². The molecule has 1 N–H and O–H groups in total. The van der Waals surface area contributed by atoms with E-state index in [-0.39, 0.29) is 0 Å². The van der Waals surface area contributed by atoms with Crippen molar-refractivity contribution in [3.05, 3.63) is 64.7 Å². The molecule has 0 radical (unpaired) electrons. The molecule has 2 nitrogen and oxygen atoms in total. The molecule has 0 atom stereocenters. The van der Waals surface area contributed by atoms with Crippen molar-refractivity contribution in [3.8, 4) is 0 Å². The van der Waals surface area contributed by atoms with Crippen molar-refractivity contribution in [2.24, 2.45) is 0 Å². The van der Waals surface area contributed by atoms with Crippen LogP contribution in [0.25, 0.3) is 0 Å². The second-order valence-corrected chi connectivity index (χ2v) is 5.33. The second-order valence-electron chi connectivity index (χ2n) is 5.33. The SMILES string of the molecule is CCCOCc1ccc(C)c(NCc2cc(F)cc(F)c2)c1. The van der Waals surface area contributed by atoms with E-state index in [2.05, 4.69) is 12.2 Å². The molecule has 2 rings (SSSR count). The number of anilines is 1. The molecule has 2 aromatic rings. The van der Waals surface area contributed by atoms with Crippen LogP contribution in [-0.2, 0) is 17.9 Å². The molecule has 0 amide bonds. The van der Waals surface area contributed by atoms with Gasteiger partial charge in [-0.05, 0) is 48.2 Å². The Hall–Kier alpha value is -1.94. The zero-order valence-electron chi connectivity index (χ0n) is 13.0. The van der Waals surface area contributed by atoms with E-state index >= 15 is 0 Å². The molecule has 0 aliphatic heterocycles. The van der Waals surface area contributed by atoms with Crippen LogP contribution in [0.5, 0.6) is 0 Å². The standard InChI is InChI=1S/C18H21F2NO/c1-3-6-22-12-14-5-4-13(2)18(9-14)21-11-15-7-16(19)10-17(20)8-15/h4-5,7-10,21H,3,6,11-12H2,1-2H3. The summed E-state index contributed by atoms with van der Waals surface area (Å²) >= 11 is 0. The fraction of sp³-hybridized carbons (Fsp3) is 0.333. The summed E-state index contributed by atoms with van der Waals surface area (Å²) in [6.07, 6.45) is 0.988. The van der Waals surface area contributed by atoms with Crippen LogP contribution in [0.1, 0.15) is 30.0 Å². The van der Waals surface area contributed by atoms with E-state index in [4.69, 9.17) is 4.74 Å². The Morgan fingerprint density at radius 3 is 2.41 bits per heavy atom. The van der Waals surface area contributed by atoms with Gasteiger partial charge in [-0.2, -0.15) is 0 Å². The molecular weight excluding hydrogens is 284 g/mol. The number of rotatable bonds is 7. The fourth-order valence-electron chi connectivity index (χ4n) is 2.19. The molecular formula is C18H21F2NO. The number of ether oxygens (including phenoxy) is 1. The van der Waals surface area contributed by atoms with Crippen molar-refractivity contribution >= 4 is 5.69 Å². The molecule has 0 saturated heterocycles. The Kier molecular flexibility index (Phi) is 5.90. The Balaban J connectivity index is 2.03. The van der Waals surface area contributed by atoms with Crippen molar-refractivity contribution in [2.75, 3.05) is 11.9 Å². The highest BCUT2D eigenvalue weighted by Crippen LogP contribution is 2.19. The summed E-state index contributed by atoms with van der Waals surface area (Å²) < 4.78 is 31.9. The summed E-state index contributed by atoms with van der Waals surface area (Å²) in [5.41, 5.74) is 3.68. The Morgan fingerprint density at radius 1 is 1.00 bits per heavy atom. The summed E-state index contributed by atoms with van der Waals surface area (Å²) in [5, 5.41) is 3.23. The van der Waals surface area contributed by atoms with Crippen LogP contribution in [-0.4, -0.2) is 6.61 Å². The van der Waals surface area contributed by atoms with Crippen molar-refractivity contribution in [1.82, 2.24) is 0 Å². The Labute approximate surface area is 130 Å². The third-order valence-corrected chi connectivity index (χ3v) is 3.32. The summed E-state index contributed by atoms with van der Waals surface area (Å²) in [6, 6.07) is 9.59. The topological polar surface area (TPSA) is 21.3 Å². The van der Waals surface area contributed by atoms with Crippen LogP contribution < -0.4 is 5.32 Å². The zero-order chi connectivity index (χ0) is 15.9. The van der Waals surface area contributed by atoms with Crippen molar-refractivity contribution in [1.29, 1.82) is 0 Å². The van der Waals surface area contributed by atoms with E-state index in [1.165, 1.54) is 12.1 Å². The van der Waals surface area contributed by atoms with E-state index in [1.807, 2.05) is 25.1 Å². The summed E-state index contributed by atoms with van der Waals surface area (Å²) in [6.45, 7) is 5.73. The highest BCUT2D eigenvalue weighted by Gasteiger charge is 2.04. The normalized spacial score (nSPS) is 10.7. The average molecular weight is 305 g/mol. The molecule has 0 aliphatic carbocycles. The molecule has 0 saturated carbocycles. The summed E-state index contributed by atoms with van der Waals surface area (Å²) in [7, 11) is 0. The summed E-state index contributed by atoms with van der Waals surface area (Å²) in [4.78, 5) is 0. The highest BCUT2D eigenvalue weighted by molar-refractivity contribution is 5.53. The number of benzene rings is 2. The van der Waals surface area contributed by atoms with Crippen LogP contribution in [0.2, 0.25) is 0 Å². The minimum atomic E-state index is -0.560. The molecule has 0 bridgehead atoms. The van der Waals surface area contributed by atoms with Crippen LogP contribution >= 0.6 is 0 Å². The Bertz CT molecular complexity index is 608. The molecule has 2 aromatic carbocycles. The van der Waals surface area contributed by atoms with Gasteiger partial charge in [-0.15, -0.1) is 0 Å². The lowest BCUT2D eigenvalue weighted by atomic mass is 10.1. The molecule has 0 unspecified atom stereocenters. The Morgan fingerprint density at radius 2 is 1.73 bits per heavy atom. The van der Waals surface area contributed by atoms with Gasteiger partial charge >= 0.3 is 0 Å². The van der Waals surface area contributed by atoms with Crippen LogP contribution in [0.3, 0.4) is 0 Å². The van der Waals surface area contributed by atoms with E-state index in [1.54, 1.807) is 0 Å². The first kappa shape index (κ1) is 16.4. The van der Waals surface area contributed by atoms with Gasteiger partial charge in [0.2, 0.25) is 0 Å². The molecule has 0 aliphatic rings. The van der Waals surface area contributed by atoms with Crippen LogP contribution in [0, 0.1) is 18.6 Å². The highest BCUT2D eigenvalue weighted by atomic mass is 19.1. The quantitative estimate of drug-likeness (QED) is 0.741. The maximum Gasteiger partial charge on any atom is 0.126 e. The largest absolute Gasteiger partial charge is 0.381 e. The van der Waals surface area contributed by atoms with Gasteiger partial charge < -0.3 is 10.1 Å². The molecule has 0 fully saturated rings. The average Bonchev–Trinajstić information content (AvgIpc) is 2.47. The third kappa shape index (κ3) is 4.81. The predicted octanol–water partition coefficient (Wildman–Crippen LogP) is 4.81. The van der Waals surface area contributed by atoms with Crippen LogP contribution in [0.15, 0.2) is 36.4 Å². The minimum absolute atomic E-state index is 0.370. The first-order chi connectivity index (χ1) is 10.6. The van der Waals surface area contributed by atoms with E-state index in [9.17, 15) is 8.78 Å². The number of nitrogens with one attached hydrogen (secondary N) is 1. The van der Waals surface area contributed by atoms with Crippen molar-refractivity contribution < 1.29 is 13.5 Å². The first-order valence-corrected chi connectivity index (χ1v) is 7.44. The molecule has 4 heteroatoms. The smallest absolute Gasteiger partial charge is 0.126 e. The van der Waals surface area contributed by atoms with Gasteiger partial charge in [0.1, 0.15) is 11.6 Å². The van der Waals surface area contributed by atoms with E-state index in [0.717, 1.165) is 35.9 Å². The molecule has 0 spiro atoms. The van der Waals surface area contributed by atoms with Gasteiger partial charge in [-0.3, -0.25) is 0 Å². The zero-order valence-corrected chi connectivity index (χ0v) is 13.0. The lowest BCUT2D eigenvalue weighted by Gasteiger charge is -2.12. The lowest BCUT2D eigenvalue weighted by Crippen LogP contribution is -2.03. The van der Waals surface area contributed by atoms with E-state index in [0.29, 0.717) is 18.7 Å². The molecule has 22 heavy (non-hydrogen) atoms. The van der Waals surface area contributed by atoms with Gasteiger partial charge in [0.15, 0.2) is 0 Å². The van der Waals surface area contributed by atoms with Crippen molar-refractivity contribution in [3.63, 3.8) is 0 Å². The van der Waals surface area contributed by atoms with Gasteiger partial charge in [-0.25, -0.2) is 8.78 Å². The third-order valence-electron chi connectivity index (χ3n) is 3.32.